The van der Waals surface area contributed by atoms with Gasteiger partial charge in [-0.3, -0.25) is 0 Å². The van der Waals surface area contributed by atoms with E-state index in [0.29, 0.717) is 12.3 Å². The zero-order valence-corrected chi connectivity index (χ0v) is 14.0. The molecule has 1 unspecified atom stereocenters. The summed E-state index contributed by atoms with van der Waals surface area (Å²) in [6.07, 6.45) is 1.78. The van der Waals surface area contributed by atoms with Gasteiger partial charge in [0.15, 0.2) is 5.69 Å². The predicted molar refractivity (Wildman–Crippen MR) is 88.5 cm³/mol. The number of aromatic nitrogens is 1. The van der Waals surface area contributed by atoms with Crippen molar-refractivity contribution in [2.45, 2.75) is 39.7 Å². The van der Waals surface area contributed by atoms with Crippen LogP contribution in [-0.2, 0) is 4.74 Å². The second kappa shape index (κ2) is 7.94. The standard InChI is InChI=1S/C17H21NO3S/c1-4-6-12(3)21-17(19)15-11-22-16(18-15)13-7-9-14(10-8-13)20-5-2/h7-12H,4-6H2,1-3H3. The maximum Gasteiger partial charge on any atom is 0.358 e. The van der Waals surface area contributed by atoms with Gasteiger partial charge in [-0.2, -0.15) is 0 Å². The third-order valence-electron chi connectivity index (χ3n) is 3.13. The number of esters is 1. The maximum atomic E-state index is 12.0. The first-order chi connectivity index (χ1) is 10.6. The number of benzene rings is 1. The van der Waals surface area contributed by atoms with Crippen molar-refractivity contribution in [3.05, 3.63) is 35.3 Å². The second-order valence-electron chi connectivity index (χ2n) is 5.00. The average Bonchev–Trinajstić information content (AvgIpc) is 2.98. The zero-order valence-electron chi connectivity index (χ0n) is 13.2. The first-order valence-electron chi connectivity index (χ1n) is 7.53. The highest BCUT2D eigenvalue weighted by Crippen LogP contribution is 2.26. The second-order valence-corrected chi connectivity index (χ2v) is 5.86. The average molecular weight is 319 g/mol. The summed E-state index contributed by atoms with van der Waals surface area (Å²) >= 11 is 1.44. The van der Waals surface area contributed by atoms with Gasteiger partial charge in [-0.25, -0.2) is 9.78 Å². The van der Waals surface area contributed by atoms with E-state index in [1.165, 1.54) is 11.3 Å². The molecule has 0 aliphatic heterocycles. The minimum absolute atomic E-state index is 0.0758. The summed E-state index contributed by atoms with van der Waals surface area (Å²) in [5.74, 6) is 0.477. The maximum absolute atomic E-state index is 12.0. The minimum atomic E-state index is -0.352. The molecular weight excluding hydrogens is 298 g/mol. The van der Waals surface area contributed by atoms with Gasteiger partial charge < -0.3 is 9.47 Å². The molecule has 4 nitrogen and oxygen atoms in total. The molecule has 1 heterocycles. The molecule has 22 heavy (non-hydrogen) atoms. The molecule has 2 rings (SSSR count). The summed E-state index contributed by atoms with van der Waals surface area (Å²) in [6, 6.07) is 7.69. The fourth-order valence-corrected chi connectivity index (χ4v) is 2.86. The van der Waals surface area contributed by atoms with Crippen molar-refractivity contribution >= 4 is 17.3 Å². The van der Waals surface area contributed by atoms with Gasteiger partial charge in [-0.05, 0) is 44.5 Å². The lowest BCUT2D eigenvalue weighted by atomic mass is 10.2. The smallest absolute Gasteiger partial charge is 0.358 e. The molecule has 0 aliphatic rings. The van der Waals surface area contributed by atoms with Crippen LogP contribution in [-0.4, -0.2) is 23.7 Å². The van der Waals surface area contributed by atoms with Gasteiger partial charge in [0.05, 0.1) is 12.7 Å². The highest BCUT2D eigenvalue weighted by atomic mass is 32.1. The number of hydrogen-bond acceptors (Lipinski definition) is 5. The number of carbonyl (C=O) groups is 1. The first kappa shape index (κ1) is 16.5. The van der Waals surface area contributed by atoms with Crippen LogP contribution in [0.4, 0.5) is 0 Å². The molecular formula is C17H21NO3S. The van der Waals surface area contributed by atoms with Crippen molar-refractivity contribution in [2.24, 2.45) is 0 Å². The van der Waals surface area contributed by atoms with E-state index in [1.54, 1.807) is 5.38 Å². The van der Waals surface area contributed by atoms with Crippen LogP contribution in [0.5, 0.6) is 5.75 Å². The highest BCUT2D eigenvalue weighted by molar-refractivity contribution is 7.13. The number of carbonyl (C=O) groups excluding carboxylic acids is 1. The Kier molecular flexibility index (Phi) is 5.95. The van der Waals surface area contributed by atoms with Crippen LogP contribution in [0.1, 0.15) is 44.1 Å². The first-order valence-corrected chi connectivity index (χ1v) is 8.41. The van der Waals surface area contributed by atoms with Gasteiger partial charge in [0.1, 0.15) is 10.8 Å². The monoisotopic (exact) mass is 319 g/mol. The van der Waals surface area contributed by atoms with E-state index in [0.717, 1.165) is 29.2 Å². The van der Waals surface area contributed by atoms with Gasteiger partial charge in [0.25, 0.3) is 0 Å². The van der Waals surface area contributed by atoms with E-state index in [4.69, 9.17) is 9.47 Å². The van der Waals surface area contributed by atoms with Crippen molar-refractivity contribution < 1.29 is 14.3 Å². The summed E-state index contributed by atoms with van der Waals surface area (Å²) in [7, 11) is 0. The Bertz CT molecular complexity index is 607. The molecule has 5 heteroatoms. The minimum Gasteiger partial charge on any atom is -0.494 e. The topological polar surface area (TPSA) is 48.4 Å². The predicted octanol–water partition coefficient (Wildman–Crippen LogP) is 4.55. The number of rotatable bonds is 7. The highest BCUT2D eigenvalue weighted by Gasteiger charge is 2.15. The van der Waals surface area contributed by atoms with Crippen molar-refractivity contribution in [3.8, 4) is 16.3 Å². The normalized spacial score (nSPS) is 12.0. The Morgan fingerprint density at radius 2 is 2.00 bits per heavy atom. The van der Waals surface area contributed by atoms with Gasteiger partial charge >= 0.3 is 5.97 Å². The molecule has 118 valence electrons. The fraction of sp³-hybridized carbons (Fsp3) is 0.412. The van der Waals surface area contributed by atoms with Crippen LogP contribution in [0.15, 0.2) is 29.6 Å². The van der Waals surface area contributed by atoms with E-state index in [-0.39, 0.29) is 12.1 Å². The summed E-state index contributed by atoms with van der Waals surface area (Å²) in [5.41, 5.74) is 1.34. The molecule has 0 N–H and O–H groups in total. The van der Waals surface area contributed by atoms with Crippen molar-refractivity contribution in [2.75, 3.05) is 6.61 Å². The van der Waals surface area contributed by atoms with Crippen molar-refractivity contribution in [1.82, 2.24) is 4.98 Å². The Morgan fingerprint density at radius 1 is 1.27 bits per heavy atom. The Morgan fingerprint density at radius 3 is 2.64 bits per heavy atom. The van der Waals surface area contributed by atoms with Gasteiger partial charge in [-0.1, -0.05) is 13.3 Å². The molecule has 1 aromatic carbocycles. The van der Waals surface area contributed by atoms with Crippen LogP contribution < -0.4 is 4.74 Å². The lowest BCUT2D eigenvalue weighted by Crippen LogP contribution is -2.15. The Labute approximate surface area is 135 Å². The van der Waals surface area contributed by atoms with Crippen molar-refractivity contribution in [3.63, 3.8) is 0 Å². The molecule has 0 aliphatic carbocycles. The third kappa shape index (κ3) is 4.31. The third-order valence-corrected chi connectivity index (χ3v) is 4.02. The van der Waals surface area contributed by atoms with Crippen LogP contribution in [0.2, 0.25) is 0 Å². The SMILES string of the molecule is CCCC(C)OC(=O)c1csc(-c2ccc(OCC)cc2)n1. The quantitative estimate of drug-likeness (QED) is 0.702. The molecule has 0 spiro atoms. The molecule has 2 aromatic rings. The number of thiazole rings is 1. The Balaban J connectivity index is 2.05. The van der Waals surface area contributed by atoms with Crippen LogP contribution in [0.3, 0.4) is 0 Å². The van der Waals surface area contributed by atoms with Crippen LogP contribution >= 0.6 is 11.3 Å². The summed E-state index contributed by atoms with van der Waals surface area (Å²) in [5, 5.41) is 2.55. The molecule has 0 saturated heterocycles. The summed E-state index contributed by atoms with van der Waals surface area (Å²) < 4.78 is 10.8. The largest absolute Gasteiger partial charge is 0.494 e. The molecule has 0 fully saturated rings. The van der Waals surface area contributed by atoms with E-state index in [2.05, 4.69) is 11.9 Å². The molecule has 0 radical (unpaired) electrons. The van der Waals surface area contributed by atoms with E-state index < -0.39 is 0 Å². The van der Waals surface area contributed by atoms with Gasteiger partial charge in [-0.15, -0.1) is 11.3 Å². The molecule has 0 saturated carbocycles. The molecule has 1 atom stereocenters. The Hall–Kier alpha value is -1.88. The summed E-state index contributed by atoms with van der Waals surface area (Å²) in [6.45, 7) is 6.56. The van der Waals surface area contributed by atoms with E-state index in [1.807, 2.05) is 38.1 Å². The van der Waals surface area contributed by atoms with Gasteiger partial charge in [0, 0.05) is 10.9 Å². The van der Waals surface area contributed by atoms with Gasteiger partial charge in [0.2, 0.25) is 0 Å². The van der Waals surface area contributed by atoms with Crippen molar-refractivity contribution in [1.29, 1.82) is 0 Å². The zero-order chi connectivity index (χ0) is 15.9. The van der Waals surface area contributed by atoms with E-state index >= 15 is 0 Å². The number of nitrogens with zero attached hydrogens (tertiary/aromatic N) is 1. The lowest BCUT2D eigenvalue weighted by molar-refractivity contribution is 0.0317. The number of ether oxygens (including phenoxy) is 2. The molecule has 1 aromatic heterocycles. The fourth-order valence-electron chi connectivity index (χ4n) is 2.07. The molecule has 0 bridgehead atoms. The molecule has 0 amide bonds. The number of hydrogen-bond donors (Lipinski definition) is 0. The van der Waals surface area contributed by atoms with E-state index in [9.17, 15) is 4.79 Å². The lowest BCUT2D eigenvalue weighted by Gasteiger charge is -2.10. The summed E-state index contributed by atoms with van der Waals surface area (Å²) in [4.78, 5) is 16.4. The van der Waals surface area contributed by atoms with Crippen LogP contribution in [0.25, 0.3) is 10.6 Å². The van der Waals surface area contributed by atoms with Crippen LogP contribution in [0, 0.1) is 0 Å².